The number of nitrogens with zero attached hydrogens (tertiary/aromatic N) is 1. The summed E-state index contributed by atoms with van der Waals surface area (Å²) in [6, 6.07) is 9.91. The molecule has 4 fully saturated rings. The van der Waals surface area contributed by atoms with Crippen LogP contribution in [0.5, 0.6) is 0 Å². The highest BCUT2D eigenvalue weighted by Gasteiger charge is 2.67. The van der Waals surface area contributed by atoms with Crippen molar-refractivity contribution in [3.63, 3.8) is 0 Å². The number of hydrogen-bond acceptors (Lipinski definition) is 3. The maximum Gasteiger partial charge on any atom is 0.416 e. The van der Waals surface area contributed by atoms with Crippen LogP contribution in [0.1, 0.15) is 37.7 Å². The summed E-state index contributed by atoms with van der Waals surface area (Å²) in [7, 11) is 0. The van der Waals surface area contributed by atoms with E-state index in [2.05, 4.69) is 0 Å². The second kappa shape index (κ2) is 5.08. The molecule has 0 radical (unpaired) electrons. The van der Waals surface area contributed by atoms with Crippen LogP contribution >= 0.6 is 0 Å². The lowest BCUT2D eigenvalue weighted by atomic mass is 9.75. The molecule has 3 saturated carbocycles. The Morgan fingerprint density at radius 1 is 1.21 bits per heavy atom. The molecule has 0 unspecified atom stereocenters. The Morgan fingerprint density at radius 2 is 2.00 bits per heavy atom. The fourth-order valence-electron chi connectivity index (χ4n) is 5.79. The average Bonchev–Trinajstić information content (AvgIpc) is 2.94. The van der Waals surface area contributed by atoms with Crippen molar-refractivity contribution in [2.45, 2.75) is 44.6 Å². The quantitative estimate of drug-likeness (QED) is 0.855. The van der Waals surface area contributed by atoms with Gasteiger partial charge in [-0.3, -0.25) is 4.79 Å². The number of rotatable bonds is 3. The summed E-state index contributed by atoms with van der Waals surface area (Å²) in [5, 5.41) is 0. The fraction of sp³-hybridized carbons (Fsp3) is 0.600. The van der Waals surface area contributed by atoms with E-state index in [-0.39, 0.29) is 23.3 Å². The standard InChI is InChI=1S/C20H23NO3/c22-18(17-14-6-7-15(11-14)20(17)8-9-20)21-16(12-24-19(21)23)10-13-4-2-1-3-5-13/h1-5,14-17H,6-12H2/t14-,15+,16-,17+/m0/s1. The lowest BCUT2D eigenvalue weighted by Gasteiger charge is -2.33. The molecule has 4 aliphatic rings. The molecule has 3 aliphatic carbocycles. The van der Waals surface area contributed by atoms with Gasteiger partial charge in [-0.15, -0.1) is 0 Å². The van der Waals surface area contributed by atoms with Gasteiger partial charge in [0.1, 0.15) is 6.61 Å². The predicted molar refractivity (Wildman–Crippen MR) is 88.1 cm³/mol. The molecule has 1 aliphatic heterocycles. The molecule has 24 heavy (non-hydrogen) atoms. The number of ether oxygens (including phenoxy) is 1. The molecule has 2 amide bonds. The normalized spacial score (nSPS) is 35.5. The highest BCUT2D eigenvalue weighted by atomic mass is 16.6. The van der Waals surface area contributed by atoms with Crippen molar-refractivity contribution in [3.05, 3.63) is 35.9 Å². The number of imide groups is 1. The zero-order valence-electron chi connectivity index (χ0n) is 13.8. The van der Waals surface area contributed by atoms with Crippen molar-refractivity contribution >= 4 is 12.0 Å². The Hall–Kier alpha value is -1.84. The van der Waals surface area contributed by atoms with E-state index in [9.17, 15) is 9.59 Å². The van der Waals surface area contributed by atoms with Gasteiger partial charge < -0.3 is 4.74 Å². The van der Waals surface area contributed by atoms with E-state index in [0.717, 1.165) is 17.9 Å². The molecule has 0 N–H and O–H groups in total. The first-order valence-corrected chi connectivity index (χ1v) is 9.23. The summed E-state index contributed by atoms with van der Waals surface area (Å²) in [6.07, 6.45) is 6.25. The van der Waals surface area contributed by atoms with Crippen molar-refractivity contribution in [2.24, 2.45) is 23.2 Å². The smallest absolute Gasteiger partial charge is 0.416 e. The largest absolute Gasteiger partial charge is 0.447 e. The summed E-state index contributed by atoms with van der Waals surface area (Å²) < 4.78 is 5.27. The van der Waals surface area contributed by atoms with E-state index in [0.29, 0.717) is 18.9 Å². The zero-order valence-corrected chi connectivity index (χ0v) is 13.8. The van der Waals surface area contributed by atoms with Crippen LogP contribution in [-0.4, -0.2) is 29.5 Å². The minimum absolute atomic E-state index is 0.0585. The molecule has 4 nitrogen and oxygen atoms in total. The van der Waals surface area contributed by atoms with E-state index in [4.69, 9.17) is 4.74 Å². The molecule has 1 spiro atoms. The van der Waals surface area contributed by atoms with Gasteiger partial charge in [0, 0.05) is 5.92 Å². The molecule has 1 aromatic carbocycles. The van der Waals surface area contributed by atoms with E-state index >= 15 is 0 Å². The van der Waals surface area contributed by atoms with Crippen LogP contribution in [0.4, 0.5) is 4.79 Å². The first-order valence-electron chi connectivity index (χ1n) is 9.23. The average molecular weight is 325 g/mol. The second-order valence-corrected chi connectivity index (χ2v) is 8.11. The number of benzene rings is 1. The van der Waals surface area contributed by atoms with Crippen molar-refractivity contribution in [3.8, 4) is 0 Å². The van der Waals surface area contributed by atoms with Crippen LogP contribution in [-0.2, 0) is 16.0 Å². The van der Waals surface area contributed by atoms with Gasteiger partial charge in [0.05, 0.1) is 6.04 Å². The van der Waals surface area contributed by atoms with Gasteiger partial charge in [-0.25, -0.2) is 9.69 Å². The number of carbonyl (C=O) groups excluding carboxylic acids is 2. The van der Waals surface area contributed by atoms with Gasteiger partial charge in [0.2, 0.25) is 5.91 Å². The van der Waals surface area contributed by atoms with Crippen molar-refractivity contribution in [1.82, 2.24) is 4.90 Å². The van der Waals surface area contributed by atoms with E-state index in [1.54, 1.807) is 0 Å². The Balaban J connectivity index is 1.40. The Kier molecular flexibility index (Phi) is 3.07. The van der Waals surface area contributed by atoms with Crippen molar-refractivity contribution in [2.75, 3.05) is 6.61 Å². The predicted octanol–water partition coefficient (Wildman–Crippen LogP) is 3.40. The Bertz CT molecular complexity index is 681. The lowest BCUT2D eigenvalue weighted by molar-refractivity contribution is -0.137. The SMILES string of the molecule is O=C1OC[C@H](Cc2ccccc2)N1C(=O)[C@H]1[C@H]2CC[C@H](C2)C12CC2. The molecule has 1 heterocycles. The van der Waals surface area contributed by atoms with Crippen molar-refractivity contribution in [1.29, 1.82) is 0 Å². The molecule has 4 atom stereocenters. The summed E-state index contributed by atoms with van der Waals surface area (Å²) in [5.41, 5.74) is 1.38. The van der Waals surface area contributed by atoms with Gasteiger partial charge in [-0.1, -0.05) is 30.3 Å². The lowest BCUT2D eigenvalue weighted by Crippen LogP contribution is -2.47. The monoisotopic (exact) mass is 325 g/mol. The minimum Gasteiger partial charge on any atom is -0.447 e. The molecular weight excluding hydrogens is 302 g/mol. The summed E-state index contributed by atoms with van der Waals surface area (Å²) in [6.45, 7) is 0.327. The Labute approximate surface area is 142 Å². The zero-order chi connectivity index (χ0) is 16.3. The van der Waals surface area contributed by atoms with E-state index in [1.807, 2.05) is 30.3 Å². The summed E-state index contributed by atoms with van der Waals surface area (Å²) in [4.78, 5) is 27.1. The van der Waals surface area contributed by atoms with Gasteiger partial charge in [-0.05, 0) is 61.3 Å². The summed E-state index contributed by atoms with van der Waals surface area (Å²) >= 11 is 0. The number of fused-ring (bicyclic) bond motifs is 3. The van der Waals surface area contributed by atoms with E-state index < -0.39 is 6.09 Å². The number of carbonyl (C=O) groups is 2. The highest BCUT2D eigenvalue weighted by molar-refractivity contribution is 5.96. The molecule has 0 aromatic heterocycles. The van der Waals surface area contributed by atoms with Crippen LogP contribution in [0.3, 0.4) is 0 Å². The number of hydrogen-bond donors (Lipinski definition) is 0. The fourth-order valence-corrected chi connectivity index (χ4v) is 5.79. The first-order chi connectivity index (χ1) is 11.7. The molecule has 1 saturated heterocycles. The first kappa shape index (κ1) is 14.5. The van der Waals surface area contributed by atoms with Gasteiger partial charge >= 0.3 is 6.09 Å². The van der Waals surface area contributed by atoms with Crippen LogP contribution in [0, 0.1) is 23.2 Å². The number of amides is 2. The van der Waals surface area contributed by atoms with Gasteiger partial charge in [-0.2, -0.15) is 0 Å². The molecule has 126 valence electrons. The summed E-state index contributed by atoms with van der Waals surface area (Å²) in [5.74, 6) is 1.35. The molecule has 1 aromatic rings. The van der Waals surface area contributed by atoms with Crippen LogP contribution in [0.25, 0.3) is 0 Å². The van der Waals surface area contributed by atoms with Crippen molar-refractivity contribution < 1.29 is 14.3 Å². The van der Waals surface area contributed by atoms with Crippen LogP contribution in [0.15, 0.2) is 30.3 Å². The molecule has 5 rings (SSSR count). The number of cyclic esters (lactones) is 1. The topological polar surface area (TPSA) is 46.6 Å². The second-order valence-electron chi connectivity index (χ2n) is 8.11. The van der Waals surface area contributed by atoms with E-state index in [1.165, 1.54) is 30.6 Å². The molecule has 4 heteroatoms. The van der Waals surface area contributed by atoms with Gasteiger partial charge in [0.15, 0.2) is 0 Å². The maximum absolute atomic E-state index is 13.3. The Morgan fingerprint density at radius 3 is 2.75 bits per heavy atom. The molecular formula is C20H23NO3. The third kappa shape index (κ3) is 1.98. The van der Waals surface area contributed by atoms with Crippen LogP contribution < -0.4 is 0 Å². The third-order valence-corrected chi connectivity index (χ3v) is 6.98. The highest BCUT2D eigenvalue weighted by Crippen LogP contribution is 2.71. The third-order valence-electron chi connectivity index (χ3n) is 6.98. The van der Waals surface area contributed by atoms with Crippen LogP contribution in [0.2, 0.25) is 0 Å². The maximum atomic E-state index is 13.3. The van der Waals surface area contributed by atoms with Gasteiger partial charge in [0.25, 0.3) is 0 Å². The molecule has 2 bridgehead atoms. The minimum atomic E-state index is -0.431.